The number of amides is 3. The molecule has 1 aromatic carbocycles. The summed E-state index contributed by atoms with van der Waals surface area (Å²) in [6.45, 7) is 2.00. The Morgan fingerprint density at radius 3 is 2.33 bits per heavy atom. The molecule has 0 aliphatic carbocycles. The monoisotopic (exact) mass is 351 g/mol. The highest BCUT2D eigenvalue weighted by molar-refractivity contribution is 8.00. The van der Waals surface area contributed by atoms with Gasteiger partial charge < -0.3 is 14.7 Å². The zero-order valence-electron chi connectivity index (χ0n) is 14.0. The van der Waals surface area contributed by atoms with E-state index < -0.39 is 0 Å². The van der Waals surface area contributed by atoms with Crippen molar-refractivity contribution in [3.8, 4) is 0 Å². The molecule has 3 amide bonds. The SMILES string of the molecule is CN(C)C(=O)N1CCC2(CC1)SCCN2C(=O)c1ccc(F)cc1. The number of urea groups is 1. The third kappa shape index (κ3) is 3.09. The van der Waals surface area contributed by atoms with Crippen molar-refractivity contribution in [1.82, 2.24) is 14.7 Å². The van der Waals surface area contributed by atoms with Gasteiger partial charge in [0.1, 0.15) is 5.82 Å². The van der Waals surface area contributed by atoms with Crippen LogP contribution in [0.25, 0.3) is 0 Å². The summed E-state index contributed by atoms with van der Waals surface area (Å²) in [5.41, 5.74) is 0.519. The molecule has 1 spiro atoms. The van der Waals surface area contributed by atoms with E-state index in [-0.39, 0.29) is 22.6 Å². The van der Waals surface area contributed by atoms with Crippen LogP contribution < -0.4 is 0 Å². The van der Waals surface area contributed by atoms with Crippen LogP contribution in [0, 0.1) is 5.82 Å². The van der Waals surface area contributed by atoms with Gasteiger partial charge in [-0.3, -0.25) is 4.79 Å². The molecule has 0 N–H and O–H groups in total. The number of halogens is 1. The first-order chi connectivity index (χ1) is 11.4. The third-order valence-corrected chi connectivity index (χ3v) is 6.26. The Bertz CT molecular complexity index is 627. The fourth-order valence-corrected chi connectivity index (χ4v) is 4.84. The van der Waals surface area contributed by atoms with Crippen LogP contribution in [0.15, 0.2) is 24.3 Å². The van der Waals surface area contributed by atoms with Crippen molar-refractivity contribution < 1.29 is 14.0 Å². The minimum absolute atomic E-state index is 0.0178. The molecule has 5 nitrogen and oxygen atoms in total. The molecule has 0 unspecified atom stereocenters. The Labute approximate surface area is 145 Å². The van der Waals surface area contributed by atoms with Crippen molar-refractivity contribution in [2.75, 3.05) is 39.5 Å². The number of thioether (sulfide) groups is 1. The lowest BCUT2D eigenvalue weighted by molar-refractivity contribution is 0.0569. The summed E-state index contributed by atoms with van der Waals surface area (Å²) in [7, 11) is 3.50. The van der Waals surface area contributed by atoms with Gasteiger partial charge in [0.05, 0.1) is 4.87 Å². The summed E-state index contributed by atoms with van der Waals surface area (Å²) in [5, 5.41) is 0. The van der Waals surface area contributed by atoms with Crippen LogP contribution in [-0.4, -0.2) is 71.0 Å². The van der Waals surface area contributed by atoms with Crippen molar-refractivity contribution in [3.63, 3.8) is 0 Å². The van der Waals surface area contributed by atoms with Crippen LogP contribution in [0.1, 0.15) is 23.2 Å². The van der Waals surface area contributed by atoms with Gasteiger partial charge in [0.2, 0.25) is 0 Å². The standard InChI is InChI=1S/C17H22FN3O2S/c1-19(2)16(23)20-9-7-17(8-10-20)21(11-12-24-17)15(22)13-3-5-14(18)6-4-13/h3-6H,7-12H2,1-2H3. The first-order valence-electron chi connectivity index (χ1n) is 8.11. The lowest BCUT2D eigenvalue weighted by Gasteiger charge is -2.44. The molecule has 2 fully saturated rings. The second-order valence-corrected chi connectivity index (χ2v) is 7.88. The van der Waals surface area contributed by atoms with Crippen LogP contribution in [0.5, 0.6) is 0 Å². The van der Waals surface area contributed by atoms with Gasteiger partial charge in [-0.2, -0.15) is 0 Å². The number of hydrogen-bond acceptors (Lipinski definition) is 3. The van der Waals surface area contributed by atoms with Gasteiger partial charge >= 0.3 is 6.03 Å². The predicted octanol–water partition coefficient (Wildman–Crippen LogP) is 2.49. The average molecular weight is 351 g/mol. The lowest BCUT2D eigenvalue weighted by atomic mass is 10.0. The molecule has 1 aromatic rings. The zero-order chi connectivity index (χ0) is 17.3. The highest BCUT2D eigenvalue weighted by Gasteiger charge is 2.47. The molecule has 3 rings (SSSR count). The third-order valence-electron chi connectivity index (χ3n) is 4.71. The fraction of sp³-hybridized carbons (Fsp3) is 0.529. The van der Waals surface area contributed by atoms with Crippen molar-refractivity contribution in [2.24, 2.45) is 0 Å². The van der Waals surface area contributed by atoms with Gasteiger partial charge in [-0.15, -0.1) is 11.8 Å². The summed E-state index contributed by atoms with van der Waals surface area (Å²) in [5.74, 6) is 0.508. The van der Waals surface area contributed by atoms with E-state index >= 15 is 0 Å². The van der Waals surface area contributed by atoms with E-state index in [4.69, 9.17) is 0 Å². The number of rotatable bonds is 1. The van der Waals surface area contributed by atoms with E-state index in [2.05, 4.69) is 0 Å². The molecule has 0 saturated carbocycles. The number of likely N-dealkylation sites (tertiary alicyclic amines) is 1. The van der Waals surface area contributed by atoms with Crippen molar-refractivity contribution >= 4 is 23.7 Å². The Morgan fingerprint density at radius 2 is 1.75 bits per heavy atom. The maximum absolute atomic E-state index is 13.1. The first kappa shape index (κ1) is 17.1. The smallest absolute Gasteiger partial charge is 0.319 e. The summed E-state index contributed by atoms with van der Waals surface area (Å²) in [6, 6.07) is 5.74. The highest BCUT2D eigenvalue weighted by atomic mass is 32.2. The quantitative estimate of drug-likeness (QED) is 0.781. The molecular weight excluding hydrogens is 329 g/mol. The summed E-state index contributed by atoms with van der Waals surface area (Å²) >= 11 is 1.80. The molecule has 130 valence electrons. The van der Waals surface area contributed by atoms with E-state index in [1.54, 1.807) is 42.9 Å². The number of carbonyl (C=O) groups excluding carboxylic acids is 2. The Hall–Kier alpha value is -1.76. The normalized spacial score (nSPS) is 19.6. The second kappa shape index (κ2) is 6.63. The number of nitrogens with zero attached hydrogens (tertiary/aromatic N) is 3. The van der Waals surface area contributed by atoms with Gasteiger partial charge in [0.15, 0.2) is 0 Å². The largest absolute Gasteiger partial charge is 0.331 e. The van der Waals surface area contributed by atoms with E-state index in [0.29, 0.717) is 25.2 Å². The van der Waals surface area contributed by atoms with Crippen molar-refractivity contribution in [1.29, 1.82) is 0 Å². The van der Waals surface area contributed by atoms with Gasteiger partial charge in [0, 0.05) is 45.0 Å². The van der Waals surface area contributed by atoms with Crippen LogP contribution in [0.4, 0.5) is 9.18 Å². The summed E-state index contributed by atoms with van der Waals surface area (Å²) in [6.07, 6.45) is 1.54. The maximum Gasteiger partial charge on any atom is 0.319 e. The number of piperidine rings is 1. The number of carbonyl (C=O) groups is 2. The molecule has 2 heterocycles. The van der Waals surface area contributed by atoms with Crippen LogP contribution in [-0.2, 0) is 0 Å². The van der Waals surface area contributed by atoms with E-state index in [1.165, 1.54) is 12.1 Å². The molecule has 24 heavy (non-hydrogen) atoms. The average Bonchev–Trinajstić information content (AvgIpc) is 2.98. The topological polar surface area (TPSA) is 43.9 Å². The molecule has 7 heteroatoms. The zero-order valence-corrected chi connectivity index (χ0v) is 14.8. The predicted molar refractivity (Wildman–Crippen MR) is 92.5 cm³/mol. The molecule has 2 aliphatic heterocycles. The van der Waals surface area contributed by atoms with Crippen LogP contribution >= 0.6 is 11.8 Å². The van der Waals surface area contributed by atoms with E-state index in [9.17, 15) is 14.0 Å². The number of benzene rings is 1. The minimum atomic E-state index is -0.340. The minimum Gasteiger partial charge on any atom is -0.331 e. The van der Waals surface area contributed by atoms with Gasteiger partial charge in [-0.25, -0.2) is 9.18 Å². The molecule has 2 aliphatic rings. The van der Waals surface area contributed by atoms with Crippen LogP contribution in [0.2, 0.25) is 0 Å². The summed E-state index contributed by atoms with van der Waals surface area (Å²) in [4.78, 5) is 30.1. The van der Waals surface area contributed by atoms with Gasteiger partial charge in [-0.05, 0) is 37.1 Å². The molecular formula is C17H22FN3O2S. The highest BCUT2D eigenvalue weighted by Crippen LogP contribution is 2.44. The molecule has 0 radical (unpaired) electrons. The van der Waals surface area contributed by atoms with E-state index in [1.807, 2.05) is 9.80 Å². The molecule has 0 atom stereocenters. The Morgan fingerprint density at radius 1 is 1.12 bits per heavy atom. The van der Waals surface area contributed by atoms with Crippen LogP contribution in [0.3, 0.4) is 0 Å². The molecule has 0 bridgehead atoms. The van der Waals surface area contributed by atoms with E-state index in [0.717, 1.165) is 18.6 Å². The Balaban J connectivity index is 1.73. The fourth-order valence-electron chi connectivity index (χ4n) is 3.39. The molecule has 2 saturated heterocycles. The second-order valence-electron chi connectivity index (χ2n) is 6.42. The molecule has 0 aromatic heterocycles. The van der Waals surface area contributed by atoms with Crippen molar-refractivity contribution in [2.45, 2.75) is 17.7 Å². The number of hydrogen-bond donors (Lipinski definition) is 0. The van der Waals surface area contributed by atoms with Gasteiger partial charge in [0.25, 0.3) is 5.91 Å². The lowest BCUT2D eigenvalue weighted by Crippen LogP contribution is -2.54. The first-order valence-corrected chi connectivity index (χ1v) is 9.09. The maximum atomic E-state index is 13.1. The van der Waals surface area contributed by atoms with Gasteiger partial charge in [-0.1, -0.05) is 0 Å². The Kier molecular flexibility index (Phi) is 4.71. The van der Waals surface area contributed by atoms with Crippen molar-refractivity contribution in [3.05, 3.63) is 35.6 Å². The summed E-state index contributed by atoms with van der Waals surface area (Å²) < 4.78 is 13.1.